The average Bonchev–Trinajstić information content (AvgIpc) is 2.37. The smallest absolute Gasteiger partial charge is 0.261 e. The van der Waals surface area contributed by atoms with Gasteiger partial charge in [-0.3, -0.25) is 9.36 Å². The third-order valence-corrected chi connectivity index (χ3v) is 3.03. The fourth-order valence-corrected chi connectivity index (χ4v) is 1.95. The molecule has 2 aromatic rings. The number of rotatable bonds is 3. The lowest BCUT2D eigenvalue weighted by atomic mass is 10.2. The molecule has 0 amide bonds. The number of nitrogens with one attached hydrogen (secondary N) is 1. The van der Waals surface area contributed by atoms with Crippen LogP contribution in [-0.4, -0.2) is 16.6 Å². The van der Waals surface area contributed by atoms with Crippen LogP contribution in [0.1, 0.15) is 25.7 Å². The Hall–Kier alpha value is -1.68. The largest absolute Gasteiger partial charge is 0.311 e. The number of benzene rings is 1. The fourth-order valence-electron chi connectivity index (χ4n) is 1.95. The Bertz CT molecular complexity index is 589. The van der Waals surface area contributed by atoms with E-state index in [1.165, 1.54) is 0 Å². The average molecular weight is 231 g/mol. The van der Waals surface area contributed by atoms with Crippen molar-refractivity contribution in [2.24, 2.45) is 0 Å². The molecule has 4 nitrogen and oxygen atoms in total. The minimum Gasteiger partial charge on any atom is -0.311 e. The zero-order valence-corrected chi connectivity index (χ0v) is 10.4. The molecule has 90 valence electrons. The summed E-state index contributed by atoms with van der Waals surface area (Å²) in [6, 6.07) is 7.53. The molecule has 4 heteroatoms. The van der Waals surface area contributed by atoms with E-state index in [-0.39, 0.29) is 11.6 Å². The summed E-state index contributed by atoms with van der Waals surface area (Å²) in [4.78, 5) is 16.9. The van der Waals surface area contributed by atoms with E-state index in [9.17, 15) is 4.79 Å². The molecule has 1 heterocycles. The van der Waals surface area contributed by atoms with E-state index in [1.54, 1.807) is 4.57 Å². The molecule has 0 spiro atoms. The minimum absolute atomic E-state index is 0.0372. The molecule has 0 aliphatic heterocycles. The molecule has 1 atom stereocenters. The number of hydrogen-bond donors (Lipinski definition) is 1. The highest BCUT2D eigenvalue weighted by Gasteiger charge is 2.13. The van der Waals surface area contributed by atoms with Crippen molar-refractivity contribution in [3.8, 4) is 0 Å². The lowest BCUT2D eigenvalue weighted by molar-refractivity contribution is 0.544. The molecule has 1 aromatic heterocycles. The molecule has 1 N–H and O–H groups in total. The predicted molar refractivity (Wildman–Crippen MR) is 69.2 cm³/mol. The van der Waals surface area contributed by atoms with Gasteiger partial charge in [-0.2, -0.15) is 0 Å². The van der Waals surface area contributed by atoms with E-state index in [0.29, 0.717) is 11.9 Å². The first-order valence-electron chi connectivity index (χ1n) is 5.85. The van der Waals surface area contributed by atoms with Gasteiger partial charge in [0.25, 0.3) is 5.56 Å². The zero-order chi connectivity index (χ0) is 12.4. The molecule has 0 radical (unpaired) electrons. The van der Waals surface area contributed by atoms with Gasteiger partial charge in [0.2, 0.25) is 0 Å². The summed E-state index contributed by atoms with van der Waals surface area (Å²) in [5.41, 5.74) is 0.800. The molecule has 0 bridgehead atoms. The second kappa shape index (κ2) is 4.67. The van der Waals surface area contributed by atoms with Crippen LogP contribution in [0.4, 0.5) is 0 Å². The lowest BCUT2D eigenvalue weighted by Gasteiger charge is -2.16. The van der Waals surface area contributed by atoms with Crippen molar-refractivity contribution >= 4 is 10.9 Å². The maximum absolute atomic E-state index is 12.3. The molecule has 2 rings (SSSR count). The lowest BCUT2D eigenvalue weighted by Crippen LogP contribution is -2.29. The van der Waals surface area contributed by atoms with Crippen LogP contribution in [0.3, 0.4) is 0 Å². The van der Waals surface area contributed by atoms with E-state index in [0.717, 1.165) is 11.3 Å². The van der Waals surface area contributed by atoms with Crippen molar-refractivity contribution in [3.63, 3.8) is 0 Å². The SMILES string of the molecule is CCn1c([C@H](C)NC)nc2ccccc2c1=O. The van der Waals surface area contributed by atoms with Crippen LogP contribution in [0, 0.1) is 0 Å². The van der Waals surface area contributed by atoms with Crippen LogP contribution in [-0.2, 0) is 6.54 Å². The fraction of sp³-hybridized carbons (Fsp3) is 0.385. The Morgan fingerprint density at radius 3 is 2.76 bits per heavy atom. The molecule has 1 aromatic carbocycles. The number of aromatic nitrogens is 2. The van der Waals surface area contributed by atoms with Gasteiger partial charge in [-0.25, -0.2) is 4.98 Å². The van der Waals surface area contributed by atoms with Crippen LogP contribution >= 0.6 is 0 Å². The summed E-state index contributed by atoms with van der Waals surface area (Å²) in [5, 5.41) is 3.81. The van der Waals surface area contributed by atoms with Gasteiger partial charge < -0.3 is 5.32 Å². The normalized spacial score (nSPS) is 12.9. The number of para-hydroxylation sites is 1. The quantitative estimate of drug-likeness (QED) is 0.874. The van der Waals surface area contributed by atoms with Gasteiger partial charge >= 0.3 is 0 Å². The molecule has 0 fully saturated rings. The summed E-state index contributed by atoms with van der Waals surface area (Å²) in [6.07, 6.45) is 0. The molecule has 0 saturated heterocycles. The van der Waals surface area contributed by atoms with Crippen LogP contribution in [0.2, 0.25) is 0 Å². The molecule has 17 heavy (non-hydrogen) atoms. The van der Waals surface area contributed by atoms with Crippen LogP contribution < -0.4 is 10.9 Å². The summed E-state index contributed by atoms with van der Waals surface area (Å²) in [5.74, 6) is 0.790. The topological polar surface area (TPSA) is 46.9 Å². The first-order valence-corrected chi connectivity index (χ1v) is 5.85. The molecule has 0 saturated carbocycles. The van der Waals surface area contributed by atoms with Crippen molar-refractivity contribution in [2.45, 2.75) is 26.4 Å². The summed E-state index contributed by atoms with van der Waals surface area (Å²) < 4.78 is 1.73. The monoisotopic (exact) mass is 231 g/mol. The van der Waals surface area contributed by atoms with Gasteiger partial charge in [0.15, 0.2) is 0 Å². The highest BCUT2D eigenvalue weighted by Crippen LogP contribution is 2.12. The van der Waals surface area contributed by atoms with Gasteiger partial charge in [-0.05, 0) is 33.0 Å². The Kier molecular flexibility index (Phi) is 3.24. The number of fused-ring (bicyclic) bond motifs is 1. The van der Waals surface area contributed by atoms with E-state index in [2.05, 4.69) is 10.3 Å². The highest BCUT2D eigenvalue weighted by molar-refractivity contribution is 5.77. The molecular formula is C13H17N3O. The van der Waals surface area contributed by atoms with E-state index in [4.69, 9.17) is 0 Å². The predicted octanol–water partition coefficient (Wildman–Crippen LogP) is 1.70. The Labute approximate surface area is 100 Å². The van der Waals surface area contributed by atoms with Gasteiger partial charge in [-0.15, -0.1) is 0 Å². The van der Waals surface area contributed by atoms with Crippen molar-refractivity contribution in [1.82, 2.24) is 14.9 Å². The summed E-state index contributed by atoms with van der Waals surface area (Å²) in [7, 11) is 1.87. The molecule has 0 unspecified atom stereocenters. The molecular weight excluding hydrogens is 214 g/mol. The Morgan fingerprint density at radius 2 is 2.12 bits per heavy atom. The van der Waals surface area contributed by atoms with E-state index in [1.807, 2.05) is 45.2 Å². The zero-order valence-electron chi connectivity index (χ0n) is 10.4. The van der Waals surface area contributed by atoms with Gasteiger partial charge in [-0.1, -0.05) is 12.1 Å². The van der Waals surface area contributed by atoms with Gasteiger partial charge in [0.05, 0.1) is 16.9 Å². The van der Waals surface area contributed by atoms with Crippen molar-refractivity contribution in [2.75, 3.05) is 7.05 Å². The first kappa shape index (κ1) is 11.8. The third-order valence-electron chi connectivity index (χ3n) is 3.03. The number of nitrogens with zero attached hydrogens (tertiary/aromatic N) is 2. The second-order valence-corrected chi connectivity index (χ2v) is 4.05. The maximum atomic E-state index is 12.3. The summed E-state index contributed by atoms with van der Waals surface area (Å²) >= 11 is 0. The van der Waals surface area contributed by atoms with Crippen LogP contribution in [0.25, 0.3) is 10.9 Å². The first-order chi connectivity index (χ1) is 8.19. The van der Waals surface area contributed by atoms with Gasteiger partial charge in [0, 0.05) is 6.54 Å². The summed E-state index contributed by atoms with van der Waals surface area (Å²) in [6.45, 7) is 4.60. The Morgan fingerprint density at radius 1 is 1.41 bits per heavy atom. The standard InChI is InChI=1S/C13H17N3O/c1-4-16-12(9(2)14-3)15-11-8-6-5-7-10(11)13(16)17/h5-9,14H,4H2,1-3H3/t9-/m0/s1. The molecule has 0 aliphatic carbocycles. The van der Waals surface area contributed by atoms with E-state index >= 15 is 0 Å². The second-order valence-electron chi connectivity index (χ2n) is 4.05. The van der Waals surface area contributed by atoms with Gasteiger partial charge in [0.1, 0.15) is 5.82 Å². The molecule has 0 aliphatic rings. The van der Waals surface area contributed by atoms with Crippen molar-refractivity contribution in [3.05, 3.63) is 40.4 Å². The number of hydrogen-bond acceptors (Lipinski definition) is 3. The third kappa shape index (κ3) is 1.96. The van der Waals surface area contributed by atoms with Crippen LogP contribution in [0.15, 0.2) is 29.1 Å². The van der Waals surface area contributed by atoms with E-state index < -0.39 is 0 Å². The van der Waals surface area contributed by atoms with Crippen molar-refractivity contribution < 1.29 is 0 Å². The highest BCUT2D eigenvalue weighted by atomic mass is 16.1. The maximum Gasteiger partial charge on any atom is 0.261 e. The minimum atomic E-state index is 0.0372. The van der Waals surface area contributed by atoms with Crippen molar-refractivity contribution in [1.29, 1.82) is 0 Å². The van der Waals surface area contributed by atoms with Crippen LogP contribution in [0.5, 0.6) is 0 Å². The Balaban J connectivity index is 2.80.